The Kier molecular flexibility index (Phi) is 6.11. The Balaban J connectivity index is 2.27. The summed E-state index contributed by atoms with van der Waals surface area (Å²) in [6.07, 6.45) is 3.71. The highest BCUT2D eigenvalue weighted by molar-refractivity contribution is 14.1. The largest absolute Gasteiger partial charge is 0.310 e. The molecule has 1 N–H and O–H groups in total. The third kappa shape index (κ3) is 4.48. The molecule has 2 rings (SSSR count). The van der Waals surface area contributed by atoms with Crippen molar-refractivity contribution in [2.24, 2.45) is 0 Å². The van der Waals surface area contributed by atoms with E-state index < -0.39 is 0 Å². The fourth-order valence-corrected chi connectivity index (χ4v) is 3.17. The number of hydrogen-bond acceptors (Lipinski definition) is 2. The Morgan fingerprint density at radius 2 is 2.14 bits per heavy atom. The second kappa shape index (κ2) is 7.84. The molecule has 112 valence electrons. The maximum atomic E-state index is 13.3. The number of rotatable bonds is 6. The zero-order chi connectivity index (χ0) is 15.2. The predicted octanol–water partition coefficient (Wildman–Crippen LogP) is 4.42. The van der Waals surface area contributed by atoms with E-state index in [1.165, 1.54) is 11.6 Å². The highest BCUT2D eigenvalue weighted by Crippen LogP contribution is 2.24. The number of hydrogen-bond donors (Lipinski definition) is 1. The van der Waals surface area contributed by atoms with Crippen LogP contribution in [0.2, 0.25) is 0 Å². The number of nitrogens with zero attached hydrogens (tertiary/aromatic N) is 1. The number of pyridine rings is 1. The van der Waals surface area contributed by atoms with Gasteiger partial charge in [0.25, 0.3) is 0 Å². The summed E-state index contributed by atoms with van der Waals surface area (Å²) in [7, 11) is 0. The van der Waals surface area contributed by atoms with Crippen molar-refractivity contribution < 1.29 is 4.39 Å². The van der Waals surface area contributed by atoms with Crippen LogP contribution in [0.3, 0.4) is 0 Å². The second-order valence-corrected chi connectivity index (χ2v) is 6.31. The molecule has 0 fully saturated rings. The third-order valence-electron chi connectivity index (χ3n) is 3.49. The van der Waals surface area contributed by atoms with Crippen LogP contribution in [0.4, 0.5) is 4.39 Å². The van der Waals surface area contributed by atoms with Gasteiger partial charge in [-0.2, -0.15) is 0 Å². The van der Waals surface area contributed by atoms with Crippen LogP contribution in [0.15, 0.2) is 36.5 Å². The maximum Gasteiger partial charge on any atom is 0.124 e. The zero-order valence-corrected chi connectivity index (χ0v) is 14.5. The summed E-state index contributed by atoms with van der Waals surface area (Å²) in [6, 6.07) is 9.18. The molecule has 1 atom stereocenters. The lowest BCUT2D eigenvalue weighted by Crippen LogP contribution is -2.25. The normalized spacial score (nSPS) is 12.4. The molecule has 2 nitrogen and oxygen atoms in total. The van der Waals surface area contributed by atoms with E-state index in [1.54, 1.807) is 6.07 Å². The zero-order valence-electron chi connectivity index (χ0n) is 12.4. The molecule has 0 radical (unpaired) electrons. The first-order chi connectivity index (χ1) is 10.1. The molecule has 2 aromatic rings. The molecule has 1 aromatic carbocycles. The van der Waals surface area contributed by atoms with Crippen molar-refractivity contribution in [3.8, 4) is 0 Å². The Hall–Kier alpha value is -1.01. The van der Waals surface area contributed by atoms with Crippen molar-refractivity contribution in [1.29, 1.82) is 0 Å². The van der Waals surface area contributed by atoms with Gasteiger partial charge in [0.05, 0.1) is 0 Å². The maximum absolute atomic E-state index is 13.3. The van der Waals surface area contributed by atoms with Gasteiger partial charge < -0.3 is 5.32 Å². The molecule has 1 heterocycles. The second-order valence-electron chi connectivity index (χ2n) is 5.14. The quantitative estimate of drug-likeness (QED) is 0.729. The SMILES string of the molecule is CCCNC(Cc1ncccc1C)c1ccc(F)cc1I. The Morgan fingerprint density at radius 1 is 1.33 bits per heavy atom. The smallest absolute Gasteiger partial charge is 0.124 e. The number of halogens is 2. The van der Waals surface area contributed by atoms with Gasteiger partial charge in [0, 0.05) is 27.9 Å². The monoisotopic (exact) mass is 398 g/mol. The van der Waals surface area contributed by atoms with Crippen molar-refractivity contribution >= 4 is 22.6 Å². The van der Waals surface area contributed by atoms with E-state index in [0.29, 0.717) is 0 Å². The lowest BCUT2D eigenvalue weighted by atomic mass is 9.99. The first-order valence-corrected chi connectivity index (χ1v) is 8.28. The molecule has 0 aliphatic carbocycles. The van der Waals surface area contributed by atoms with Crippen molar-refractivity contribution in [2.75, 3.05) is 6.54 Å². The van der Waals surface area contributed by atoms with Crippen LogP contribution in [-0.4, -0.2) is 11.5 Å². The summed E-state index contributed by atoms with van der Waals surface area (Å²) >= 11 is 2.20. The standard InChI is InChI=1S/C17H20FIN2/c1-3-8-20-17(11-16-12(2)5-4-9-21-16)14-7-6-13(18)10-15(14)19/h4-7,9-10,17,20H,3,8,11H2,1-2H3. The van der Waals surface area contributed by atoms with Crippen molar-refractivity contribution in [2.45, 2.75) is 32.7 Å². The first kappa shape index (κ1) is 16.4. The van der Waals surface area contributed by atoms with E-state index in [4.69, 9.17) is 0 Å². The van der Waals surface area contributed by atoms with Crippen LogP contribution in [0.5, 0.6) is 0 Å². The van der Waals surface area contributed by atoms with Crippen LogP contribution in [-0.2, 0) is 6.42 Å². The van der Waals surface area contributed by atoms with Gasteiger partial charge in [-0.3, -0.25) is 4.98 Å². The molecular formula is C17H20FIN2. The van der Waals surface area contributed by atoms with Gasteiger partial charge in [0.15, 0.2) is 0 Å². The fourth-order valence-electron chi connectivity index (χ4n) is 2.32. The van der Waals surface area contributed by atoms with E-state index in [2.05, 4.69) is 52.8 Å². The molecule has 1 unspecified atom stereocenters. The first-order valence-electron chi connectivity index (χ1n) is 7.20. The molecular weight excluding hydrogens is 378 g/mol. The molecule has 0 aliphatic rings. The highest BCUT2D eigenvalue weighted by Gasteiger charge is 2.16. The van der Waals surface area contributed by atoms with Crippen molar-refractivity contribution in [3.05, 3.63) is 62.7 Å². The van der Waals surface area contributed by atoms with Crippen LogP contribution in [0, 0.1) is 16.3 Å². The Labute approximate surface area is 139 Å². The molecule has 0 bridgehead atoms. The summed E-state index contributed by atoms with van der Waals surface area (Å²) in [5.74, 6) is -0.189. The van der Waals surface area contributed by atoms with E-state index in [-0.39, 0.29) is 11.9 Å². The van der Waals surface area contributed by atoms with Crippen LogP contribution >= 0.6 is 22.6 Å². The van der Waals surface area contributed by atoms with E-state index in [1.807, 2.05) is 18.3 Å². The highest BCUT2D eigenvalue weighted by atomic mass is 127. The minimum Gasteiger partial charge on any atom is -0.310 e. The molecule has 0 saturated carbocycles. The molecule has 0 spiro atoms. The van der Waals surface area contributed by atoms with E-state index in [0.717, 1.165) is 34.2 Å². The summed E-state index contributed by atoms with van der Waals surface area (Å²) < 4.78 is 14.3. The average Bonchev–Trinajstić information content (AvgIpc) is 2.46. The minimum atomic E-state index is -0.189. The summed E-state index contributed by atoms with van der Waals surface area (Å²) in [6.45, 7) is 5.16. The molecule has 1 aromatic heterocycles. The van der Waals surface area contributed by atoms with Gasteiger partial charge >= 0.3 is 0 Å². The van der Waals surface area contributed by atoms with Gasteiger partial charge in [-0.05, 0) is 71.8 Å². The average molecular weight is 398 g/mol. The van der Waals surface area contributed by atoms with Crippen molar-refractivity contribution in [3.63, 3.8) is 0 Å². The summed E-state index contributed by atoms with van der Waals surface area (Å²) in [5, 5.41) is 3.55. The van der Waals surface area contributed by atoms with E-state index in [9.17, 15) is 4.39 Å². The summed E-state index contributed by atoms with van der Waals surface area (Å²) in [5.41, 5.74) is 3.42. The van der Waals surface area contributed by atoms with Crippen LogP contribution in [0.1, 0.15) is 36.2 Å². The van der Waals surface area contributed by atoms with Gasteiger partial charge in [-0.1, -0.05) is 19.1 Å². The van der Waals surface area contributed by atoms with Crippen LogP contribution in [0.25, 0.3) is 0 Å². The lowest BCUT2D eigenvalue weighted by Gasteiger charge is -2.21. The Bertz CT molecular complexity index is 601. The number of aryl methyl sites for hydroxylation is 1. The Morgan fingerprint density at radius 3 is 2.81 bits per heavy atom. The molecule has 4 heteroatoms. The number of aromatic nitrogens is 1. The fraction of sp³-hybridized carbons (Fsp3) is 0.353. The molecule has 0 amide bonds. The number of benzene rings is 1. The van der Waals surface area contributed by atoms with Gasteiger partial charge in [0.1, 0.15) is 5.82 Å². The molecule has 0 saturated heterocycles. The van der Waals surface area contributed by atoms with E-state index >= 15 is 0 Å². The van der Waals surface area contributed by atoms with Crippen molar-refractivity contribution in [1.82, 2.24) is 10.3 Å². The van der Waals surface area contributed by atoms with Crippen LogP contribution < -0.4 is 5.32 Å². The molecule has 0 aliphatic heterocycles. The topological polar surface area (TPSA) is 24.9 Å². The van der Waals surface area contributed by atoms with Gasteiger partial charge in [0.2, 0.25) is 0 Å². The predicted molar refractivity (Wildman–Crippen MR) is 92.8 cm³/mol. The summed E-state index contributed by atoms with van der Waals surface area (Å²) in [4.78, 5) is 4.48. The van der Waals surface area contributed by atoms with Gasteiger partial charge in [-0.25, -0.2) is 4.39 Å². The number of nitrogens with one attached hydrogen (secondary N) is 1. The lowest BCUT2D eigenvalue weighted by molar-refractivity contribution is 0.519. The van der Waals surface area contributed by atoms with Gasteiger partial charge in [-0.15, -0.1) is 0 Å². The minimum absolute atomic E-state index is 0.158. The molecule has 21 heavy (non-hydrogen) atoms. The third-order valence-corrected chi connectivity index (χ3v) is 4.43.